The largest absolute Gasteiger partial charge is 0.392 e. The minimum atomic E-state index is 0.151. The Labute approximate surface area is 105 Å². The van der Waals surface area contributed by atoms with E-state index in [0.29, 0.717) is 5.41 Å². The lowest BCUT2D eigenvalue weighted by molar-refractivity contribution is 0.342. The molecule has 0 aliphatic heterocycles. The van der Waals surface area contributed by atoms with Gasteiger partial charge >= 0.3 is 0 Å². The van der Waals surface area contributed by atoms with Crippen LogP contribution in [0.25, 0.3) is 0 Å². The van der Waals surface area contributed by atoms with Crippen LogP contribution in [-0.2, 0) is 0 Å². The van der Waals surface area contributed by atoms with Gasteiger partial charge in [0, 0.05) is 0 Å². The maximum atomic E-state index is 8.99. The molecular weight excluding hydrogens is 208 g/mol. The summed E-state index contributed by atoms with van der Waals surface area (Å²) >= 11 is 0. The first-order chi connectivity index (χ1) is 8.04. The molecule has 0 heterocycles. The molecule has 2 aliphatic rings. The van der Waals surface area contributed by atoms with Crippen molar-refractivity contribution in [3.63, 3.8) is 0 Å². The predicted octanol–water partition coefficient (Wildman–Crippen LogP) is 4.15. The number of aliphatic hydroxyl groups excluding tert-OH is 1. The second-order valence-electron chi connectivity index (χ2n) is 5.99. The first-order valence-electron chi connectivity index (χ1n) is 6.75. The van der Waals surface area contributed by atoms with E-state index in [4.69, 9.17) is 5.11 Å². The highest BCUT2D eigenvalue weighted by Gasteiger charge is 2.30. The zero-order valence-electron chi connectivity index (χ0n) is 11.3. The normalized spacial score (nSPS) is 24.5. The van der Waals surface area contributed by atoms with Crippen LogP contribution in [0.5, 0.6) is 0 Å². The fourth-order valence-electron chi connectivity index (χ4n) is 3.16. The van der Waals surface area contributed by atoms with Crippen LogP contribution < -0.4 is 0 Å². The van der Waals surface area contributed by atoms with E-state index in [0.717, 1.165) is 6.42 Å². The Hall–Kier alpha value is -0.820. The summed E-state index contributed by atoms with van der Waals surface area (Å²) in [5.41, 5.74) is 6.28. The molecule has 94 valence electrons. The van der Waals surface area contributed by atoms with Gasteiger partial charge in [0.25, 0.3) is 0 Å². The minimum absolute atomic E-state index is 0.151. The quantitative estimate of drug-likeness (QED) is 0.758. The molecule has 0 saturated heterocycles. The average molecular weight is 232 g/mol. The van der Waals surface area contributed by atoms with Gasteiger partial charge in [-0.05, 0) is 61.2 Å². The SMILES string of the molecule is C/C(=C\CO)C1=CC2=C(CCCC2(C)C)CC1. The van der Waals surface area contributed by atoms with Gasteiger partial charge in [-0.25, -0.2) is 0 Å². The number of aliphatic hydroxyl groups is 1. The Morgan fingerprint density at radius 3 is 2.82 bits per heavy atom. The molecule has 0 spiro atoms. The summed E-state index contributed by atoms with van der Waals surface area (Å²) in [7, 11) is 0. The summed E-state index contributed by atoms with van der Waals surface area (Å²) in [6, 6.07) is 0. The van der Waals surface area contributed by atoms with Crippen molar-refractivity contribution < 1.29 is 5.11 Å². The molecule has 17 heavy (non-hydrogen) atoms. The van der Waals surface area contributed by atoms with Crippen molar-refractivity contribution in [2.75, 3.05) is 6.61 Å². The summed E-state index contributed by atoms with van der Waals surface area (Å²) in [6.45, 7) is 7.00. The van der Waals surface area contributed by atoms with E-state index in [1.165, 1.54) is 36.8 Å². The van der Waals surface area contributed by atoms with E-state index in [9.17, 15) is 0 Å². The molecule has 0 saturated carbocycles. The van der Waals surface area contributed by atoms with Crippen molar-refractivity contribution in [2.45, 2.75) is 52.9 Å². The smallest absolute Gasteiger partial charge is 0.0618 e. The second kappa shape index (κ2) is 4.81. The highest BCUT2D eigenvalue weighted by Crippen LogP contribution is 2.45. The molecule has 0 amide bonds. The fraction of sp³-hybridized carbons (Fsp3) is 0.625. The maximum Gasteiger partial charge on any atom is 0.0618 e. The molecule has 0 fully saturated rings. The van der Waals surface area contributed by atoms with Crippen molar-refractivity contribution in [1.29, 1.82) is 0 Å². The summed E-state index contributed by atoms with van der Waals surface area (Å²) in [5.74, 6) is 0. The highest BCUT2D eigenvalue weighted by atomic mass is 16.2. The van der Waals surface area contributed by atoms with Gasteiger partial charge in [0.1, 0.15) is 0 Å². The Bertz CT molecular complexity index is 394. The average Bonchev–Trinajstić information content (AvgIpc) is 2.29. The van der Waals surface area contributed by atoms with E-state index in [-0.39, 0.29) is 6.61 Å². The molecule has 1 nitrogen and oxygen atoms in total. The van der Waals surface area contributed by atoms with E-state index in [1.54, 1.807) is 11.1 Å². The third kappa shape index (κ3) is 2.55. The molecule has 1 N–H and O–H groups in total. The van der Waals surface area contributed by atoms with Crippen LogP contribution in [0.1, 0.15) is 52.9 Å². The van der Waals surface area contributed by atoms with Crippen LogP contribution >= 0.6 is 0 Å². The van der Waals surface area contributed by atoms with Crippen molar-refractivity contribution in [1.82, 2.24) is 0 Å². The molecule has 0 atom stereocenters. The molecule has 0 bridgehead atoms. The Morgan fingerprint density at radius 1 is 1.35 bits per heavy atom. The van der Waals surface area contributed by atoms with E-state index in [2.05, 4.69) is 26.8 Å². The maximum absolute atomic E-state index is 8.99. The molecule has 1 heteroatoms. The Kier molecular flexibility index (Phi) is 3.58. The van der Waals surface area contributed by atoms with Gasteiger partial charge < -0.3 is 5.11 Å². The van der Waals surface area contributed by atoms with E-state index >= 15 is 0 Å². The third-order valence-corrected chi connectivity index (χ3v) is 4.31. The molecule has 0 aromatic heterocycles. The van der Waals surface area contributed by atoms with Crippen LogP contribution in [-0.4, -0.2) is 11.7 Å². The number of rotatable bonds is 2. The summed E-state index contributed by atoms with van der Waals surface area (Å²) < 4.78 is 0. The molecule has 0 aromatic carbocycles. The van der Waals surface area contributed by atoms with Crippen LogP contribution in [0.2, 0.25) is 0 Å². The minimum Gasteiger partial charge on any atom is -0.392 e. The van der Waals surface area contributed by atoms with Gasteiger partial charge in [-0.1, -0.05) is 31.6 Å². The fourth-order valence-corrected chi connectivity index (χ4v) is 3.16. The number of hydrogen-bond acceptors (Lipinski definition) is 1. The van der Waals surface area contributed by atoms with Crippen molar-refractivity contribution in [2.24, 2.45) is 5.41 Å². The predicted molar refractivity (Wildman–Crippen MR) is 72.8 cm³/mol. The van der Waals surface area contributed by atoms with Crippen molar-refractivity contribution >= 4 is 0 Å². The van der Waals surface area contributed by atoms with Crippen LogP contribution in [0.4, 0.5) is 0 Å². The monoisotopic (exact) mass is 232 g/mol. The lowest BCUT2D eigenvalue weighted by Crippen LogP contribution is -2.22. The number of hydrogen-bond donors (Lipinski definition) is 1. The summed E-state index contributed by atoms with van der Waals surface area (Å²) in [6.07, 6.45) is 10.6. The summed E-state index contributed by atoms with van der Waals surface area (Å²) in [5, 5.41) is 8.99. The standard InChI is InChI=1S/C16H24O/c1-12(8-10-17)14-7-6-13-5-4-9-16(2,3)15(13)11-14/h8,11,17H,4-7,9-10H2,1-3H3/b12-8+. The first kappa shape index (κ1) is 12.6. The van der Waals surface area contributed by atoms with Gasteiger partial charge in [-0.15, -0.1) is 0 Å². The highest BCUT2D eigenvalue weighted by molar-refractivity contribution is 5.45. The molecule has 0 aromatic rings. The Morgan fingerprint density at radius 2 is 2.12 bits per heavy atom. The van der Waals surface area contributed by atoms with Crippen molar-refractivity contribution in [3.8, 4) is 0 Å². The summed E-state index contributed by atoms with van der Waals surface area (Å²) in [4.78, 5) is 0. The van der Waals surface area contributed by atoms with Gasteiger partial charge in [0.05, 0.1) is 6.61 Å². The molecular formula is C16H24O. The molecule has 2 aliphatic carbocycles. The van der Waals surface area contributed by atoms with Gasteiger partial charge in [-0.2, -0.15) is 0 Å². The van der Waals surface area contributed by atoms with E-state index in [1.807, 2.05) is 6.08 Å². The van der Waals surface area contributed by atoms with E-state index < -0.39 is 0 Å². The van der Waals surface area contributed by atoms with Crippen LogP contribution in [0.3, 0.4) is 0 Å². The first-order valence-corrected chi connectivity index (χ1v) is 6.75. The van der Waals surface area contributed by atoms with Crippen molar-refractivity contribution in [3.05, 3.63) is 34.4 Å². The van der Waals surface area contributed by atoms with Gasteiger partial charge in [0.2, 0.25) is 0 Å². The van der Waals surface area contributed by atoms with Crippen LogP contribution in [0.15, 0.2) is 34.4 Å². The lowest BCUT2D eigenvalue weighted by atomic mass is 9.68. The van der Waals surface area contributed by atoms with Crippen LogP contribution in [0, 0.1) is 5.41 Å². The molecule has 0 radical (unpaired) electrons. The number of allylic oxidation sites excluding steroid dienone is 5. The zero-order chi connectivity index (χ0) is 12.5. The molecule has 2 rings (SSSR count). The van der Waals surface area contributed by atoms with Gasteiger partial charge in [0.15, 0.2) is 0 Å². The lowest BCUT2D eigenvalue weighted by Gasteiger charge is -2.37. The Balaban J connectivity index is 2.34. The third-order valence-electron chi connectivity index (χ3n) is 4.31. The molecule has 0 unspecified atom stereocenters. The second-order valence-corrected chi connectivity index (χ2v) is 5.99. The topological polar surface area (TPSA) is 20.2 Å². The van der Waals surface area contributed by atoms with Gasteiger partial charge in [-0.3, -0.25) is 0 Å². The zero-order valence-corrected chi connectivity index (χ0v) is 11.3.